The fourth-order valence-corrected chi connectivity index (χ4v) is 4.62. The minimum absolute atomic E-state index is 0.0494. The summed E-state index contributed by atoms with van der Waals surface area (Å²) in [5.74, 6) is -0.678. The summed E-state index contributed by atoms with van der Waals surface area (Å²) in [6, 6.07) is 7.23. The van der Waals surface area contributed by atoms with Crippen LogP contribution in [0.15, 0.2) is 24.3 Å². The second-order valence-electron chi connectivity index (χ2n) is 6.17. The molecule has 1 N–H and O–H groups in total. The highest BCUT2D eigenvalue weighted by Crippen LogP contribution is 2.22. The third-order valence-corrected chi connectivity index (χ3v) is 5.65. The third-order valence-electron chi connectivity index (χ3n) is 3.75. The highest BCUT2D eigenvalue weighted by Gasteiger charge is 2.39. The summed E-state index contributed by atoms with van der Waals surface area (Å²) >= 11 is 0. The van der Waals surface area contributed by atoms with Crippen molar-refractivity contribution in [3.05, 3.63) is 29.8 Å². The summed E-state index contributed by atoms with van der Waals surface area (Å²) in [5.41, 5.74) is 0.0818. The van der Waals surface area contributed by atoms with E-state index in [0.29, 0.717) is 12.2 Å². The van der Waals surface area contributed by atoms with Gasteiger partial charge in [-0.15, -0.1) is 0 Å². The fourth-order valence-electron chi connectivity index (χ4n) is 2.52. The number of carbonyl (C=O) groups is 2. The van der Waals surface area contributed by atoms with Crippen molar-refractivity contribution in [2.45, 2.75) is 25.8 Å². The van der Waals surface area contributed by atoms with E-state index >= 15 is 0 Å². The number of para-hydroxylation sites is 1. The molecule has 1 saturated heterocycles. The lowest BCUT2D eigenvalue weighted by molar-refractivity contribution is -0.150. The van der Waals surface area contributed by atoms with Crippen LogP contribution < -0.4 is 10.1 Å². The van der Waals surface area contributed by atoms with Crippen LogP contribution in [0.3, 0.4) is 0 Å². The molecule has 2 rings (SSSR count). The largest absolute Gasteiger partial charge is 0.482 e. The van der Waals surface area contributed by atoms with E-state index in [1.54, 1.807) is 19.1 Å². The third kappa shape index (κ3) is 5.23. The Morgan fingerprint density at radius 1 is 1.25 bits per heavy atom. The van der Waals surface area contributed by atoms with Crippen molar-refractivity contribution in [1.82, 2.24) is 5.32 Å². The SMILES string of the molecule is Cc1ccccc1OCC(=O)OCC(=O)N[C@]1(C)CCS(=O)(=O)C1. The van der Waals surface area contributed by atoms with Crippen LogP contribution >= 0.6 is 0 Å². The Hall–Kier alpha value is -2.09. The van der Waals surface area contributed by atoms with Gasteiger partial charge in [-0.3, -0.25) is 4.79 Å². The molecule has 1 amide bonds. The standard InChI is InChI=1S/C16H21NO6S/c1-12-5-3-4-6-13(12)22-10-15(19)23-9-14(18)17-16(2)7-8-24(20,21)11-16/h3-6H,7-11H2,1-2H3,(H,17,18)/t16-/m1/s1. The maximum Gasteiger partial charge on any atom is 0.344 e. The molecule has 0 aliphatic carbocycles. The molecule has 1 aromatic rings. The van der Waals surface area contributed by atoms with Crippen LogP contribution in [0.25, 0.3) is 0 Å². The number of rotatable bonds is 6. The lowest BCUT2D eigenvalue weighted by Crippen LogP contribution is -2.48. The molecule has 1 aromatic carbocycles. The van der Waals surface area contributed by atoms with E-state index in [0.717, 1.165) is 5.56 Å². The van der Waals surface area contributed by atoms with Gasteiger partial charge in [0.15, 0.2) is 23.1 Å². The van der Waals surface area contributed by atoms with Crippen molar-refractivity contribution in [2.75, 3.05) is 24.7 Å². The lowest BCUT2D eigenvalue weighted by Gasteiger charge is -2.23. The molecule has 0 saturated carbocycles. The molecule has 7 nitrogen and oxygen atoms in total. The van der Waals surface area contributed by atoms with E-state index in [1.807, 2.05) is 19.1 Å². The molecular formula is C16H21NO6S. The highest BCUT2D eigenvalue weighted by molar-refractivity contribution is 7.91. The quantitative estimate of drug-likeness (QED) is 0.751. The molecule has 0 spiro atoms. The molecule has 132 valence electrons. The summed E-state index contributed by atoms with van der Waals surface area (Å²) in [7, 11) is -3.12. The summed E-state index contributed by atoms with van der Waals surface area (Å²) in [4.78, 5) is 23.5. The molecule has 1 aliphatic rings. The first-order chi connectivity index (χ1) is 11.2. The Morgan fingerprint density at radius 3 is 2.58 bits per heavy atom. The number of benzene rings is 1. The number of amides is 1. The molecule has 0 unspecified atom stereocenters. The number of ether oxygens (including phenoxy) is 2. The zero-order valence-electron chi connectivity index (χ0n) is 13.7. The number of aryl methyl sites for hydroxylation is 1. The average molecular weight is 355 g/mol. The van der Waals surface area contributed by atoms with Gasteiger partial charge < -0.3 is 14.8 Å². The molecule has 0 radical (unpaired) electrons. The van der Waals surface area contributed by atoms with Crippen molar-refractivity contribution < 1.29 is 27.5 Å². The Morgan fingerprint density at radius 2 is 1.96 bits per heavy atom. The molecule has 8 heteroatoms. The van der Waals surface area contributed by atoms with Gasteiger partial charge in [0.1, 0.15) is 5.75 Å². The minimum atomic E-state index is -3.12. The molecular weight excluding hydrogens is 334 g/mol. The topological polar surface area (TPSA) is 98.8 Å². The summed E-state index contributed by atoms with van der Waals surface area (Å²) in [5, 5.41) is 2.61. The molecule has 24 heavy (non-hydrogen) atoms. The van der Waals surface area contributed by atoms with Crippen molar-refractivity contribution in [3.8, 4) is 5.75 Å². The number of sulfone groups is 1. The zero-order chi connectivity index (χ0) is 17.8. The van der Waals surface area contributed by atoms with Gasteiger partial charge in [-0.2, -0.15) is 0 Å². The van der Waals surface area contributed by atoms with E-state index in [4.69, 9.17) is 9.47 Å². The van der Waals surface area contributed by atoms with Gasteiger partial charge in [0, 0.05) is 0 Å². The highest BCUT2D eigenvalue weighted by atomic mass is 32.2. The van der Waals surface area contributed by atoms with Crippen LogP contribution in [0.2, 0.25) is 0 Å². The van der Waals surface area contributed by atoms with Crippen molar-refractivity contribution in [1.29, 1.82) is 0 Å². The first kappa shape index (κ1) is 18.3. The lowest BCUT2D eigenvalue weighted by atomic mass is 10.0. The van der Waals surface area contributed by atoms with E-state index in [2.05, 4.69) is 5.32 Å². The van der Waals surface area contributed by atoms with Gasteiger partial charge in [-0.1, -0.05) is 18.2 Å². The molecule has 0 aromatic heterocycles. The van der Waals surface area contributed by atoms with E-state index in [1.165, 1.54) is 0 Å². The van der Waals surface area contributed by atoms with Gasteiger partial charge in [0.05, 0.1) is 17.0 Å². The Kier molecular flexibility index (Phi) is 5.48. The van der Waals surface area contributed by atoms with E-state index in [9.17, 15) is 18.0 Å². The van der Waals surface area contributed by atoms with E-state index in [-0.39, 0.29) is 18.1 Å². The minimum Gasteiger partial charge on any atom is -0.482 e. The summed E-state index contributed by atoms with van der Waals surface area (Å²) < 4.78 is 33.1. The number of carbonyl (C=O) groups excluding carboxylic acids is 2. The first-order valence-electron chi connectivity index (χ1n) is 7.55. The number of hydrogen-bond acceptors (Lipinski definition) is 6. The molecule has 1 atom stereocenters. The van der Waals surface area contributed by atoms with Gasteiger partial charge in [0.2, 0.25) is 0 Å². The molecule has 1 aliphatic heterocycles. The number of hydrogen-bond donors (Lipinski definition) is 1. The Bertz CT molecular complexity index is 730. The smallest absolute Gasteiger partial charge is 0.344 e. The van der Waals surface area contributed by atoms with Crippen LogP contribution in [0.5, 0.6) is 5.75 Å². The van der Waals surface area contributed by atoms with Crippen LogP contribution in [0.1, 0.15) is 18.9 Å². The van der Waals surface area contributed by atoms with Crippen molar-refractivity contribution in [3.63, 3.8) is 0 Å². The predicted molar refractivity (Wildman–Crippen MR) is 87.5 cm³/mol. The van der Waals surface area contributed by atoms with Crippen molar-refractivity contribution in [2.24, 2.45) is 0 Å². The summed E-state index contributed by atoms with van der Waals surface area (Å²) in [6.07, 6.45) is 0.353. The molecule has 0 bridgehead atoms. The monoisotopic (exact) mass is 355 g/mol. The maximum atomic E-state index is 11.8. The van der Waals surface area contributed by atoms with Crippen LogP contribution in [0, 0.1) is 6.92 Å². The normalized spacial score (nSPS) is 21.9. The fraction of sp³-hybridized carbons (Fsp3) is 0.500. The second-order valence-corrected chi connectivity index (χ2v) is 8.35. The van der Waals surface area contributed by atoms with E-state index < -0.39 is 33.9 Å². The van der Waals surface area contributed by atoms with Gasteiger partial charge >= 0.3 is 5.97 Å². The molecule has 1 heterocycles. The van der Waals surface area contributed by atoms with Crippen LogP contribution in [-0.4, -0.2) is 50.6 Å². The second kappa shape index (κ2) is 7.21. The summed E-state index contributed by atoms with van der Waals surface area (Å²) in [6.45, 7) is 2.75. The average Bonchev–Trinajstić information content (AvgIpc) is 2.77. The van der Waals surface area contributed by atoms with Crippen molar-refractivity contribution >= 4 is 21.7 Å². The van der Waals surface area contributed by atoms with Crippen LogP contribution in [0.4, 0.5) is 0 Å². The number of nitrogens with one attached hydrogen (secondary N) is 1. The van der Waals surface area contributed by atoms with Gasteiger partial charge in [-0.05, 0) is 31.9 Å². The van der Waals surface area contributed by atoms with Gasteiger partial charge in [-0.25, -0.2) is 13.2 Å². The van der Waals surface area contributed by atoms with Gasteiger partial charge in [0.25, 0.3) is 5.91 Å². The number of esters is 1. The molecule has 1 fully saturated rings. The predicted octanol–water partition coefficient (Wildman–Crippen LogP) is 0.610. The maximum absolute atomic E-state index is 11.8. The zero-order valence-corrected chi connectivity index (χ0v) is 14.5. The Balaban J connectivity index is 1.74. The first-order valence-corrected chi connectivity index (χ1v) is 9.37. The van der Waals surface area contributed by atoms with Crippen LogP contribution in [-0.2, 0) is 24.2 Å². The Labute approximate surface area is 141 Å².